The molecule has 0 saturated carbocycles. The molecule has 0 amide bonds. The lowest BCUT2D eigenvalue weighted by Gasteiger charge is -2.18. The first kappa shape index (κ1) is 61.6. The minimum atomic E-state index is -0.546. The van der Waals surface area contributed by atoms with Crippen LogP contribution in [-0.2, 0) is 23.8 Å². The monoisotopic (exact) mass is 895 g/mol. The number of ether oxygens (including phenoxy) is 3. The van der Waals surface area contributed by atoms with Crippen LogP contribution in [0.4, 0.5) is 0 Å². The maximum atomic E-state index is 12.8. The average Bonchev–Trinajstić information content (AvgIpc) is 3.30. The molecule has 0 fully saturated rings. The lowest BCUT2D eigenvalue weighted by atomic mass is 10.0. The number of unbranched alkanes of at least 4 members (excludes halogenated alkanes) is 30. The highest BCUT2D eigenvalue weighted by atomic mass is 16.6. The third-order valence-electron chi connectivity index (χ3n) is 12.1. The van der Waals surface area contributed by atoms with Gasteiger partial charge in [0.15, 0.2) is 6.10 Å². The molecule has 0 heterocycles. The van der Waals surface area contributed by atoms with Gasteiger partial charge in [0.25, 0.3) is 0 Å². The molecule has 1 unspecified atom stereocenters. The summed E-state index contributed by atoms with van der Waals surface area (Å²) in [6.45, 7) is 7.71. The molecule has 372 valence electrons. The summed E-state index contributed by atoms with van der Waals surface area (Å²) < 4.78 is 17.4. The van der Waals surface area contributed by atoms with Crippen LogP contribution in [0, 0.1) is 0 Å². The summed E-state index contributed by atoms with van der Waals surface area (Å²) >= 11 is 0. The Morgan fingerprint density at radius 1 is 0.359 bits per heavy atom. The largest absolute Gasteiger partial charge is 0.462 e. The molecule has 5 nitrogen and oxygen atoms in total. The molecule has 0 saturated heterocycles. The van der Waals surface area contributed by atoms with Gasteiger partial charge in [0, 0.05) is 19.4 Å². The second-order valence-electron chi connectivity index (χ2n) is 18.5. The predicted molar refractivity (Wildman–Crippen MR) is 279 cm³/mol. The van der Waals surface area contributed by atoms with Crippen molar-refractivity contribution in [3.63, 3.8) is 0 Å². The fourth-order valence-corrected chi connectivity index (χ4v) is 7.95. The highest BCUT2D eigenvalue weighted by Crippen LogP contribution is 2.16. The van der Waals surface area contributed by atoms with Gasteiger partial charge in [-0.05, 0) is 64.2 Å². The number of carbonyl (C=O) groups excluding carboxylic acids is 2. The summed E-state index contributed by atoms with van der Waals surface area (Å²) in [7, 11) is 0. The lowest BCUT2D eigenvalue weighted by Crippen LogP contribution is -2.30. The maximum absolute atomic E-state index is 12.8. The number of rotatable bonds is 51. The fraction of sp³-hybridized carbons (Fsp3) is 0.797. The zero-order chi connectivity index (χ0) is 46.3. The molecule has 0 aliphatic rings. The summed E-state index contributed by atoms with van der Waals surface area (Å²) in [5.74, 6) is -0.426. The van der Waals surface area contributed by atoms with E-state index < -0.39 is 6.10 Å². The highest BCUT2D eigenvalue weighted by molar-refractivity contribution is 5.70. The van der Waals surface area contributed by atoms with Crippen molar-refractivity contribution in [1.82, 2.24) is 0 Å². The molecule has 64 heavy (non-hydrogen) atoms. The molecule has 0 aliphatic heterocycles. The van der Waals surface area contributed by atoms with Gasteiger partial charge in [-0.15, -0.1) is 0 Å². The van der Waals surface area contributed by atoms with Crippen LogP contribution in [0.3, 0.4) is 0 Å². The van der Waals surface area contributed by atoms with Gasteiger partial charge < -0.3 is 14.2 Å². The van der Waals surface area contributed by atoms with Gasteiger partial charge in [-0.2, -0.15) is 0 Å². The van der Waals surface area contributed by atoms with Crippen molar-refractivity contribution in [1.29, 1.82) is 0 Å². The second kappa shape index (κ2) is 54.9. The maximum Gasteiger partial charge on any atom is 0.306 e. The van der Waals surface area contributed by atoms with Gasteiger partial charge in [-0.25, -0.2) is 0 Å². The van der Waals surface area contributed by atoms with Crippen molar-refractivity contribution in [3.8, 4) is 0 Å². The Bertz CT molecular complexity index is 1100. The third kappa shape index (κ3) is 52.2. The van der Waals surface area contributed by atoms with E-state index in [-0.39, 0.29) is 25.2 Å². The Morgan fingerprint density at radius 2 is 0.703 bits per heavy atom. The van der Waals surface area contributed by atoms with Crippen LogP contribution in [0.2, 0.25) is 0 Å². The van der Waals surface area contributed by atoms with Crippen LogP contribution in [0.25, 0.3) is 0 Å². The van der Waals surface area contributed by atoms with Crippen molar-refractivity contribution in [2.75, 3.05) is 19.8 Å². The highest BCUT2D eigenvalue weighted by Gasteiger charge is 2.17. The summed E-state index contributed by atoms with van der Waals surface area (Å²) in [6.07, 6.45) is 69.6. The van der Waals surface area contributed by atoms with E-state index in [0.29, 0.717) is 19.4 Å². The topological polar surface area (TPSA) is 61.8 Å². The normalized spacial score (nSPS) is 12.6. The Labute approximate surface area is 398 Å². The number of hydrogen-bond donors (Lipinski definition) is 0. The van der Waals surface area contributed by atoms with Gasteiger partial charge in [0.1, 0.15) is 6.61 Å². The SMILES string of the molecule is CC/C=C\C/C=C\C/C=C\C/C=C\C/C=C\CCCCCC(=O)OCC(COCCCCCCCCCCCCCCCCCCCCCC)OC(=O)CCCCCCCCCCC. The Morgan fingerprint density at radius 3 is 1.12 bits per heavy atom. The Balaban J connectivity index is 4.18. The zero-order valence-electron chi connectivity index (χ0n) is 42.8. The van der Waals surface area contributed by atoms with Gasteiger partial charge in [0.05, 0.1) is 6.61 Å². The van der Waals surface area contributed by atoms with E-state index in [1.807, 2.05) is 0 Å². The quantitative estimate of drug-likeness (QED) is 0.0346. The second-order valence-corrected chi connectivity index (χ2v) is 18.5. The first-order valence-corrected chi connectivity index (χ1v) is 27.8. The summed E-state index contributed by atoms with van der Waals surface area (Å²) in [6, 6.07) is 0. The van der Waals surface area contributed by atoms with Crippen LogP contribution in [0.5, 0.6) is 0 Å². The van der Waals surface area contributed by atoms with Gasteiger partial charge in [-0.3, -0.25) is 9.59 Å². The molecule has 5 heteroatoms. The molecule has 0 aromatic rings. The first-order chi connectivity index (χ1) is 31.6. The molecule has 0 N–H and O–H groups in total. The van der Waals surface area contributed by atoms with Crippen molar-refractivity contribution in [3.05, 3.63) is 60.8 Å². The first-order valence-electron chi connectivity index (χ1n) is 27.8. The van der Waals surface area contributed by atoms with E-state index in [1.54, 1.807) is 0 Å². The van der Waals surface area contributed by atoms with E-state index in [0.717, 1.165) is 83.5 Å². The molecule has 0 aromatic carbocycles. The molecule has 0 bridgehead atoms. The summed E-state index contributed by atoms with van der Waals surface area (Å²) in [4.78, 5) is 25.4. The number of carbonyl (C=O) groups is 2. The van der Waals surface area contributed by atoms with E-state index >= 15 is 0 Å². The van der Waals surface area contributed by atoms with Crippen LogP contribution in [0.1, 0.15) is 278 Å². The van der Waals surface area contributed by atoms with E-state index in [9.17, 15) is 9.59 Å². The predicted octanol–water partition coefficient (Wildman–Crippen LogP) is 18.9. The van der Waals surface area contributed by atoms with Crippen LogP contribution in [-0.4, -0.2) is 37.9 Å². The fourth-order valence-electron chi connectivity index (χ4n) is 7.95. The number of esters is 2. The van der Waals surface area contributed by atoms with Gasteiger partial charge >= 0.3 is 11.9 Å². The van der Waals surface area contributed by atoms with Crippen LogP contribution < -0.4 is 0 Å². The smallest absolute Gasteiger partial charge is 0.306 e. The van der Waals surface area contributed by atoms with Crippen LogP contribution in [0.15, 0.2) is 60.8 Å². The molecule has 0 spiro atoms. The zero-order valence-corrected chi connectivity index (χ0v) is 42.8. The van der Waals surface area contributed by atoms with Crippen LogP contribution >= 0.6 is 0 Å². The Kier molecular flexibility index (Phi) is 52.9. The van der Waals surface area contributed by atoms with Crippen molar-refractivity contribution in [2.24, 2.45) is 0 Å². The van der Waals surface area contributed by atoms with E-state index in [4.69, 9.17) is 14.2 Å². The molecule has 0 aliphatic carbocycles. The number of hydrogen-bond acceptors (Lipinski definition) is 5. The van der Waals surface area contributed by atoms with Gasteiger partial charge in [0.2, 0.25) is 0 Å². The lowest BCUT2D eigenvalue weighted by molar-refractivity contribution is -0.163. The van der Waals surface area contributed by atoms with Gasteiger partial charge in [-0.1, -0.05) is 261 Å². The summed E-state index contributed by atoms with van der Waals surface area (Å²) in [5, 5.41) is 0. The van der Waals surface area contributed by atoms with Crippen molar-refractivity contribution < 1.29 is 23.8 Å². The molecule has 0 rings (SSSR count). The molecule has 0 radical (unpaired) electrons. The van der Waals surface area contributed by atoms with E-state index in [2.05, 4.69) is 81.5 Å². The minimum absolute atomic E-state index is 0.0711. The molecule has 1 atom stereocenters. The number of allylic oxidation sites excluding steroid dienone is 10. The standard InChI is InChI=1S/C59H106O5/c1-4-7-10-13-16-19-21-23-25-27-29-31-33-35-37-39-42-45-48-51-54-62-55-57(64-59(61)53-50-47-44-40-18-15-12-9-6-3)56-63-58(60)52-49-46-43-41-38-36-34-32-30-28-26-24-22-20-17-14-11-8-5-2/h8,11,17,20,24,26,30,32,36,38,57H,4-7,9-10,12-16,18-19,21-23,25,27-29,31,33-35,37,39-56H2,1-3H3/b11-8-,20-17-,26-24-,32-30-,38-36-. The van der Waals surface area contributed by atoms with E-state index in [1.165, 1.54) is 161 Å². The molecular weight excluding hydrogens is 789 g/mol. The van der Waals surface area contributed by atoms with Crippen molar-refractivity contribution >= 4 is 11.9 Å². The molecule has 0 aromatic heterocycles. The average molecular weight is 895 g/mol. The molecular formula is C59H106O5. The Hall–Kier alpha value is -2.40. The third-order valence-corrected chi connectivity index (χ3v) is 12.1. The minimum Gasteiger partial charge on any atom is -0.462 e. The van der Waals surface area contributed by atoms with Crippen molar-refractivity contribution in [2.45, 2.75) is 284 Å². The summed E-state index contributed by atoms with van der Waals surface area (Å²) in [5.41, 5.74) is 0.